The van der Waals surface area contributed by atoms with Gasteiger partial charge in [-0.3, -0.25) is 4.90 Å². The Morgan fingerprint density at radius 1 is 1.30 bits per heavy atom. The van der Waals surface area contributed by atoms with E-state index in [1.54, 1.807) is 0 Å². The van der Waals surface area contributed by atoms with E-state index in [-0.39, 0.29) is 10.9 Å². The van der Waals surface area contributed by atoms with Crippen LogP contribution in [0.3, 0.4) is 0 Å². The van der Waals surface area contributed by atoms with Crippen LogP contribution in [0.5, 0.6) is 0 Å². The van der Waals surface area contributed by atoms with Crippen LogP contribution >= 0.6 is 0 Å². The number of hydrogen-bond acceptors (Lipinski definition) is 4. The molecule has 2 atom stereocenters. The van der Waals surface area contributed by atoms with Gasteiger partial charge < -0.3 is 5.32 Å². The number of sulfone groups is 1. The topological polar surface area (TPSA) is 49.4 Å². The summed E-state index contributed by atoms with van der Waals surface area (Å²) in [5, 5.41) is 3.21. The van der Waals surface area contributed by atoms with Crippen LogP contribution in [-0.4, -0.2) is 44.7 Å². The molecule has 110 valence electrons. The van der Waals surface area contributed by atoms with Gasteiger partial charge in [-0.2, -0.15) is 0 Å². The van der Waals surface area contributed by atoms with E-state index in [0.717, 1.165) is 32.2 Å². The van der Waals surface area contributed by atoms with Crippen molar-refractivity contribution in [3.63, 3.8) is 0 Å². The van der Waals surface area contributed by atoms with Crippen molar-refractivity contribution in [3.8, 4) is 0 Å². The van der Waals surface area contributed by atoms with Crippen molar-refractivity contribution in [3.05, 3.63) is 24.0 Å². The molecule has 0 radical (unpaired) electrons. The zero-order valence-electron chi connectivity index (χ0n) is 11.5. The highest BCUT2D eigenvalue weighted by molar-refractivity contribution is 7.90. The highest BCUT2D eigenvalue weighted by Crippen LogP contribution is 2.31. The Hall–Kier alpha value is -1.14. The van der Waals surface area contributed by atoms with Gasteiger partial charge in [0, 0.05) is 24.9 Å². The number of halogens is 1. The molecule has 4 nitrogen and oxygen atoms in total. The maximum atomic E-state index is 13.9. The first-order chi connectivity index (χ1) is 9.45. The molecule has 2 aliphatic rings. The number of fused-ring (bicyclic) bond motifs is 1. The average Bonchev–Trinajstić information content (AvgIpc) is 2.95. The summed E-state index contributed by atoms with van der Waals surface area (Å²) >= 11 is 0. The van der Waals surface area contributed by atoms with E-state index >= 15 is 0 Å². The minimum Gasteiger partial charge on any atom is -0.378 e. The second kappa shape index (κ2) is 5.00. The van der Waals surface area contributed by atoms with Crippen LogP contribution in [0.2, 0.25) is 0 Å². The highest BCUT2D eigenvalue weighted by atomic mass is 32.2. The molecule has 1 aromatic carbocycles. The van der Waals surface area contributed by atoms with E-state index < -0.39 is 15.7 Å². The molecule has 2 aliphatic heterocycles. The third-order valence-electron chi connectivity index (χ3n) is 4.31. The van der Waals surface area contributed by atoms with Gasteiger partial charge in [0.15, 0.2) is 9.84 Å². The van der Waals surface area contributed by atoms with Crippen molar-refractivity contribution >= 4 is 15.5 Å². The van der Waals surface area contributed by atoms with E-state index in [1.807, 2.05) is 0 Å². The van der Waals surface area contributed by atoms with Gasteiger partial charge in [0.05, 0.1) is 10.6 Å². The van der Waals surface area contributed by atoms with E-state index in [2.05, 4.69) is 10.2 Å². The first-order valence-corrected chi connectivity index (χ1v) is 8.84. The Morgan fingerprint density at radius 2 is 2.10 bits per heavy atom. The van der Waals surface area contributed by atoms with Crippen molar-refractivity contribution in [2.24, 2.45) is 0 Å². The van der Waals surface area contributed by atoms with Gasteiger partial charge in [0.25, 0.3) is 0 Å². The van der Waals surface area contributed by atoms with Crippen LogP contribution in [0.1, 0.15) is 19.3 Å². The molecule has 0 aromatic heterocycles. The Balaban J connectivity index is 1.83. The molecule has 2 heterocycles. The molecule has 3 rings (SSSR count). The quantitative estimate of drug-likeness (QED) is 0.866. The second-order valence-corrected chi connectivity index (χ2v) is 7.71. The lowest BCUT2D eigenvalue weighted by Crippen LogP contribution is -2.34. The van der Waals surface area contributed by atoms with Crippen LogP contribution < -0.4 is 5.32 Å². The molecule has 0 aliphatic carbocycles. The third kappa shape index (κ3) is 2.54. The maximum Gasteiger partial charge on any atom is 0.175 e. The first kappa shape index (κ1) is 13.8. The molecule has 0 amide bonds. The minimum absolute atomic E-state index is 0.155. The van der Waals surface area contributed by atoms with E-state index in [9.17, 15) is 12.8 Å². The van der Waals surface area contributed by atoms with Gasteiger partial charge in [-0.1, -0.05) is 0 Å². The summed E-state index contributed by atoms with van der Waals surface area (Å²) < 4.78 is 37.0. The standard InChI is InChI=1S/C14H19FN2O2S/c1-20(18,19)10-4-5-11(15)13(9-10)16-12-6-8-17-7-2-3-14(12)17/h4-5,9,12,14,16H,2-3,6-8H2,1H3. The lowest BCUT2D eigenvalue weighted by atomic mass is 10.1. The smallest absolute Gasteiger partial charge is 0.175 e. The van der Waals surface area contributed by atoms with Crippen molar-refractivity contribution in [2.75, 3.05) is 24.7 Å². The fraction of sp³-hybridized carbons (Fsp3) is 0.571. The predicted octanol–water partition coefficient (Wildman–Crippen LogP) is 1.88. The molecule has 2 fully saturated rings. The van der Waals surface area contributed by atoms with Crippen LogP contribution in [0.25, 0.3) is 0 Å². The van der Waals surface area contributed by atoms with Crippen molar-refractivity contribution in [2.45, 2.75) is 36.2 Å². The molecule has 20 heavy (non-hydrogen) atoms. The molecule has 1 aromatic rings. The number of nitrogens with zero attached hydrogens (tertiary/aromatic N) is 1. The number of nitrogens with one attached hydrogen (secondary N) is 1. The maximum absolute atomic E-state index is 13.9. The summed E-state index contributed by atoms with van der Waals surface area (Å²) in [5.74, 6) is -0.395. The van der Waals surface area contributed by atoms with E-state index in [1.165, 1.54) is 24.6 Å². The molecule has 0 spiro atoms. The van der Waals surface area contributed by atoms with Crippen molar-refractivity contribution in [1.29, 1.82) is 0 Å². The number of anilines is 1. The van der Waals surface area contributed by atoms with Gasteiger partial charge in [-0.15, -0.1) is 0 Å². The zero-order chi connectivity index (χ0) is 14.3. The summed E-state index contributed by atoms with van der Waals surface area (Å²) in [7, 11) is -3.31. The largest absolute Gasteiger partial charge is 0.378 e. The van der Waals surface area contributed by atoms with E-state index in [4.69, 9.17) is 0 Å². The molecule has 6 heteroatoms. The fourth-order valence-corrected chi connectivity index (χ4v) is 3.94. The molecular weight excluding hydrogens is 279 g/mol. The number of rotatable bonds is 3. The van der Waals surface area contributed by atoms with Crippen LogP contribution in [0.15, 0.2) is 23.1 Å². The molecule has 0 saturated carbocycles. The molecule has 2 unspecified atom stereocenters. The van der Waals surface area contributed by atoms with Gasteiger partial charge in [0.2, 0.25) is 0 Å². The van der Waals surface area contributed by atoms with Crippen molar-refractivity contribution < 1.29 is 12.8 Å². The summed E-state index contributed by atoms with van der Waals surface area (Å²) in [6.07, 6.45) is 4.44. The molecule has 2 saturated heterocycles. The predicted molar refractivity (Wildman–Crippen MR) is 76.1 cm³/mol. The summed E-state index contributed by atoms with van der Waals surface area (Å²) in [4.78, 5) is 2.58. The van der Waals surface area contributed by atoms with Crippen LogP contribution in [0, 0.1) is 5.82 Å². The average molecular weight is 298 g/mol. The summed E-state index contributed by atoms with van der Waals surface area (Å²) in [6, 6.07) is 4.60. The summed E-state index contributed by atoms with van der Waals surface area (Å²) in [6.45, 7) is 2.16. The van der Waals surface area contributed by atoms with Crippen LogP contribution in [-0.2, 0) is 9.84 Å². The van der Waals surface area contributed by atoms with Crippen molar-refractivity contribution in [1.82, 2.24) is 4.90 Å². The lowest BCUT2D eigenvalue weighted by Gasteiger charge is -2.22. The monoisotopic (exact) mass is 298 g/mol. The number of benzene rings is 1. The lowest BCUT2D eigenvalue weighted by molar-refractivity contribution is 0.318. The fourth-order valence-electron chi connectivity index (χ4n) is 3.30. The Bertz CT molecular complexity index is 618. The van der Waals surface area contributed by atoms with E-state index in [0.29, 0.717) is 11.7 Å². The van der Waals surface area contributed by atoms with Gasteiger partial charge in [0.1, 0.15) is 5.82 Å². The summed E-state index contributed by atoms with van der Waals surface area (Å²) in [5.41, 5.74) is 0.298. The van der Waals surface area contributed by atoms with Crippen LogP contribution in [0.4, 0.5) is 10.1 Å². The number of hydrogen-bond donors (Lipinski definition) is 1. The van der Waals surface area contributed by atoms with Gasteiger partial charge >= 0.3 is 0 Å². The molecular formula is C14H19FN2O2S. The van der Waals surface area contributed by atoms with Gasteiger partial charge in [-0.05, 0) is 44.0 Å². The first-order valence-electron chi connectivity index (χ1n) is 6.95. The zero-order valence-corrected chi connectivity index (χ0v) is 12.3. The van der Waals surface area contributed by atoms with Gasteiger partial charge in [-0.25, -0.2) is 12.8 Å². The Labute approximate surface area is 118 Å². The third-order valence-corrected chi connectivity index (χ3v) is 5.42. The minimum atomic E-state index is -3.31. The highest BCUT2D eigenvalue weighted by Gasteiger charge is 2.37. The normalized spacial score (nSPS) is 26.7. The molecule has 0 bridgehead atoms. The Morgan fingerprint density at radius 3 is 2.85 bits per heavy atom. The SMILES string of the molecule is CS(=O)(=O)c1ccc(F)c(NC2CCN3CCCC23)c1. The Kier molecular flexibility index (Phi) is 3.46. The molecule has 1 N–H and O–H groups in total. The second-order valence-electron chi connectivity index (χ2n) is 5.70.